The van der Waals surface area contributed by atoms with Gasteiger partial charge in [0.25, 0.3) is 0 Å². The summed E-state index contributed by atoms with van der Waals surface area (Å²) in [5.41, 5.74) is 2.31. The topological polar surface area (TPSA) is 53.1 Å². The van der Waals surface area contributed by atoms with Crippen molar-refractivity contribution < 1.29 is 9.90 Å². The van der Waals surface area contributed by atoms with E-state index in [4.69, 9.17) is 5.11 Å². The Bertz CT molecular complexity index is 479. The molecule has 0 radical (unpaired) electrons. The van der Waals surface area contributed by atoms with Crippen LogP contribution in [0.1, 0.15) is 18.4 Å². The van der Waals surface area contributed by atoms with Gasteiger partial charge in [-0.3, -0.25) is 4.79 Å². The van der Waals surface area contributed by atoms with Gasteiger partial charge in [0.1, 0.15) is 0 Å². The van der Waals surface area contributed by atoms with Crippen molar-refractivity contribution in [3.63, 3.8) is 0 Å². The van der Waals surface area contributed by atoms with Crippen molar-refractivity contribution in [3.8, 4) is 0 Å². The Morgan fingerprint density at radius 3 is 2.81 bits per heavy atom. The molecule has 3 nitrogen and oxygen atoms in total. The van der Waals surface area contributed by atoms with Crippen LogP contribution >= 0.6 is 0 Å². The number of rotatable bonds is 4. The number of aromatic nitrogens is 1. The average Bonchev–Trinajstić information content (AvgIpc) is 2.62. The SMILES string of the molecule is O=C(O)CCCc1c[nH]c2ccccc12.[KH]. The first-order valence-corrected chi connectivity index (χ1v) is 5.04. The quantitative estimate of drug-likeness (QED) is 0.806. The second kappa shape index (κ2) is 6.57. The summed E-state index contributed by atoms with van der Waals surface area (Å²) in [4.78, 5) is 13.6. The molecule has 2 rings (SSSR count). The number of hydrogen-bond acceptors (Lipinski definition) is 1. The fourth-order valence-corrected chi connectivity index (χ4v) is 1.77. The summed E-state index contributed by atoms with van der Waals surface area (Å²) in [6, 6.07) is 8.06. The summed E-state index contributed by atoms with van der Waals surface area (Å²) in [5.74, 6) is -0.727. The van der Waals surface area contributed by atoms with Gasteiger partial charge in [0, 0.05) is 23.5 Å². The van der Waals surface area contributed by atoms with Gasteiger partial charge in [-0.05, 0) is 24.5 Å². The van der Waals surface area contributed by atoms with Gasteiger partial charge in [-0.2, -0.15) is 0 Å². The zero-order valence-electron chi connectivity index (χ0n) is 8.36. The molecule has 4 heteroatoms. The van der Waals surface area contributed by atoms with E-state index in [0.717, 1.165) is 11.9 Å². The van der Waals surface area contributed by atoms with Gasteiger partial charge in [-0.1, -0.05) is 18.2 Å². The molecule has 0 aliphatic carbocycles. The molecule has 0 unspecified atom stereocenters. The third kappa shape index (κ3) is 3.43. The van der Waals surface area contributed by atoms with Crippen molar-refractivity contribution in [2.75, 3.05) is 0 Å². The molecule has 0 saturated heterocycles. The Morgan fingerprint density at radius 2 is 2.06 bits per heavy atom. The summed E-state index contributed by atoms with van der Waals surface area (Å²) in [7, 11) is 0. The number of benzene rings is 1. The number of nitrogens with one attached hydrogen (secondary N) is 1. The Labute approximate surface area is 137 Å². The number of aliphatic carboxylic acids is 1. The average molecular weight is 243 g/mol. The molecule has 0 saturated carbocycles. The Kier molecular flexibility index (Phi) is 5.72. The van der Waals surface area contributed by atoms with Crippen molar-refractivity contribution >= 4 is 68.3 Å². The van der Waals surface area contributed by atoms with E-state index in [0.29, 0.717) is 6.42 Å². The monoisotopic (exact) mass is 243 g/mol. The molecule has 0 fully saturated rings. The van der Waals surface area contributed by atoms with E-state index in [2.05, 4.69) is 11.1 Å². The third-order valence-corrected chi connectivity index (χ3v) is 2.51. The summed E-state index contributed by atoms with van der Waals surface area (Å²) in [6.07, 6.45) is 3.71. The zero-order valence-corrected chi connectivity index (χ0v) is 8.36. The van der Waals surface area contributed by atoms with E-state index in [1.807, 2.05) is 24.4 Å². The number of para-hydroxylation sites is 1. The molecule has 16 heavy (non-hydrogen) atoms. The molecule has 0 bridgehead atoms. The van der Waals surface area contributed by atoms with Crippen LogP contribution in [0.25, 0.3) is 10.9 Å². The van der Waals surface area contributed by atoms with Crippen LogP contribution in [0.2, 0.25) is 0 Å². The molecule has 2 aromatic rings. The molecule has 0 amide bonds. The van der Waals surface area contributed by atoms with Crippen LogP contribution in [0.4, 0.5) is 0 Å². The number of aryl methyl sites for hydroxylation is 1. The molecule has 1 aromatic heterocycles. The van der Waals surface area contributed by atoms with Crippen molar-refractivity contribution in [2.45, 2.75) is 19.3 Å². The number of carboxylic acids is 1. The van der Waals surface area contributed by atoms with Gasteiger partial charge in [0.2, 0.25) is 0 Å². The van der Waals surface area contributed by atoms with E-state index in [1.54, 1.807) is 0 Å². The molecule has 2 N–H and O–H groups in total. The van der Waals surface area contributed by atoms with Gasteiger partial charge in [-0.15, -0.1) is 0 Å². The summed E-state index contributed by atoms with van der Waals surface area (Å²) >= 11 is 0. The predicted molar refractivity (Wildman–Crippen MR) is 66.0 cm³/mol. The maximum atomic E-state index is 10.4. The standard InChI is InChI=1S/C12H13NO2.K.H/c14-12(15)7-3-4-9-8-13-11-6-2-1-5-10(9)11;;/h1-2,5-6,8,13H,3-4,7H2,(H,14,15);;. The van der Waals surface area contributed by atoms with Gasteiger partial charge in [0.05, 0.1) is 0 Å². The van der Waals surface area contributed by atoms with E-state index in [-0.39, 0.29) is 57.8 Å². The normalized spacial score (nSPS) is 10.0. The van der Waals surface area contributed by atoms with Crippen LogP contribution in [-0.4, -0.2) is 67.4 Å². The van der Waals surface area contributed by atoms with Gasteiger partial charge >= 0.3 is 57.4 Å². The summed E-state index contributed by atoms with van der Waals surface area (Å²) in [5, 5.41) is 9.74. The van der Waals surface area contributed by atoms with E-state index >= 15 is 0 Å². The molecule has 1 heterocycles. The van der Waals surface area contributed by atoms with Crippen LogP contribution < -0.4 is 0 Å². The van der Waals surface area contributed by atoms with E-state index in [9.17, 15) is 4.79 Å². The molecule has 0 aliphatic rings. The minimum atomic E-state index is -0.727. The Hall–Kier alpha value is -0.134. The number of aromatic amines is 1. The zero-order chi connectivity index (χ0) is 10.7. The molecule has 1 aromatic carbocycles. The number of fused-ring (bicyclic) bond motifs is 1. The van der Waals surface area contributed by atoms with Crippen molar-refractivity contribution in [1.82, 2.24) is 4.98 Å². The van der Waals surface area contributed by atoms with E-state index < -0.39 is 5.97 Å². The molecule has 0 spiro atoms. The van der Waals surface area contributed by atoms with Gasteiger partial charge < -0.3 is 10.1 Å². The van der Waals surface area contributed by atoms with E-state index in [1.165, 1.54) is 10.9 Å². The molecule has 0 atom stereocenters. The number of hydrogen-bond donors (Lipinski definition) is 2. The number of H-pyrrole nitrogens is 1. The van der Waals surface area contributed by atoms with Gasteiger partial charge in [0.15, 0.2) is 0 Å². The molecular weight excluding hydrogens is 229 g/mol. The minimum absolute atomic E-state index is 0. The van der Waals surface area contributed by atoms with Crippen LogP contribution in [0.15, 0.2) is 30.5 Å². The van der Waals surface area contributed by atoms with Crippen molar-refractivity contribution in [1.29, 1.82) is 0 Å². The predicted octanol–water partition coefficient (Wildman–Crippen LogP) is 1.93. The number of carbonyl (C=O) groups is 1. The maximum absolute atomic E-state index is 10.4. The molecule has 0 aliphatic heterocycles. The van der Waals surface area contributed by atoms with Crippen LogP contribution in [-0.2, 0) is 11.2 Å². The van der Waals surface area contributed by atoms with Crippen molar-refractivity contribution in [3.05, 3.63) is 36.0 Å². The third-order valence-electron chi connectivity index (χ3n) is 2.51. The molecule has 80 valence electrons. The Morgan fingerprint density at radius 1 is 1.31 bits per heavy atom. The fraction of sp³-hybridized carbons (Fsp3) is 0.250. The van der Waals surface area contributed by atoms with Crippen LogP contribution in [0, 0.1) is 0 Å². The first-order chi connectivity index (χ1) is 7.27. The fourth-order valence-electron chi connectivity index (χ4n) is 1.77. The summed E-state index contributed by atoms with van der Waals surface area (Å²) < 4.78 is 0. The van der Waals surface area contributed by atoms with Crippen LogP contribution in [0.5, 0.6) is 0 Å². The first kappa shape index (κ1) is 13.9. The number of carboxylic acid groups (broad SMARTS) is 1. The first-order valence-electron chi connectivity index (χ1n) is 5.04. The molecular formula is C12H14KNO2. The van der Waals surface area contributed by atoms with Gasteiger partial charge in [-0.25, -0.2) is 0 Å². The Balaban J connectivity index is 0.00000128. The van der Waals surface area contributed by atoms with Crippen LogP contribution in [0.3, 0.4) is 0 Å². The summed E-state index contributed by atoms with van der Waals surface area (Å²) in [6.45, 7) is 0. The second-order valence-corrected chi connectivity index (χ2v) is 3.61. The van der Waals surface area contributed by atoms with Crippen molar-refractivity contribution in [2.24, 2.45) is 0 Å². The second-order valence-electron chi connectivity index (χ2n) is 3.61.